The van der Waals surface area contributed by atoms with E-state index in [0.29, 0.717) is 0 Å². The summed E-state index contributed by atoms with van der Waals surface area (Å²) in [6.07, 6.45) is 0. The van der Waals surface area contributed by atoms with Crippen LogP contribution in [0.15, 0.2) is 30.3 Å². The van der Waals surface area contributed by atoms with Crippen molar-refractivity contribution in [3.8, 4) is 0 Å². The first-order valence-electron chi connectivity index (χ1n) is 3.95. The van der Waals surface area contributed by atoms with Gasteiger partial charge in [0, 0.05) is 12.2 Å². The van der Waals surface area contributed by atoms with Gasteiger partial charge >= 0.3 is 0 Å². The van der Waals surface area contributed by atoms with Crippen molar-refractivity contribution in [3.63, 3.8) is 0 Å². The van der Waals surface area contributed by atoms with Crippen LogP contribution in [0.3, 0.4) is 0 Å². The molecule has 3 heteroatoms. The molecule has 0 unspecified atom stereocenters. The summed E-state index contributed by atoms with van der Waals surface area (Å²) in [4.78, 5) is 0. The van der Waals surface area contributed by atoms with Crippen LogP contribution in [0, 0.1) is 0 Å². The molecule has 0 aliphatic carbocycles. The number of nitrogens with zero attached hydrogens (tertiary/aromatic N) is 1. The summed E-state index contributed by atoms with van der Waals surface area (Å²) in [5.74, 6) is 0. The number of thiol groups is 1. The predicted molar refractivity (Wildman–Crippen MR) is 60.9 cm³/mol. The Hall–Kier alpha value is -0.280. The SMILES string of the molecule is CCN(SCS)c1ccccc1. The molecule has 0 saturated carbocycles. The number of benzene rings is 1. The predicted octanol–water partition coefficient (Wildman–Crippen LogP) is 3.05. The Morgan fingerprint density at radius 1 is 1.33 bits per heavy atom. The van der Waals surface area contributed by atoms with Gasteiger partial charge in [-0.05, 0) is 31.0 Å². The van der Waals surface area contributed by atoms with Crippen molar-refractivity contribution in [3.05, 3.63) is 30.3 Å². The lowest BCUT2D eigenvalue weighted by Crippen LogP contribution is -2.12. The van der Waals surface area contributed by atoms with E-state index in [-0.39, 0.29) is 0 Å². The molecule has 0 saturated heterocycles. The van der Waals surface area contributed by atoms with Crippen molar-refractivity contribution in [1.82, 2.24) is 0 Å². The third kappa shape index (κ3) is 2.64. The molecule has 0 atom stereocenters. The molecule has 0 radical (unpaired) electrons. The molecule has 0 N–H and O–H groups in total. The number of hydrogen-bond donors (Lipinski definition) is 1. The second-order valence-electron chi connectivity index (χ2n) is 2.29. The minimum atomic E-state index is 0.822. The number of para-hydroxylation sites is 1. The lowest BCUT2D eigenvalue weighted by molar-refractivity contribution is 1.11. The molecule has 1 nitrogen and oxygen atoms in total. The standard InChI is InChI=1S/C9H13NS2/c1-2-10(12-8-11)9-6-4-3-5-7-9/h3-7,11H,2,8H2,1H3. The van der Waals surface area contributed by atoms with Crippen molar-refractivity contribution in [2.45, 2.75) is 6.92 Å². The van der Waals surface area contributed by atoms with E-state index in [0.717, 1.165) is 11.6 Å². The lowest BCUT2D eigenvalue weighted by Gasteiger charge is -2.19. The number of anilines is 1. The van der Waals surface area contributed by atoms with Crippen LogP contribution in [-0.4, -0.2) is 11.6 Å². The van der Waals surface area contributed by atoms with Crippen molar-refractivity contribution in [2.75, 3.05) is 15.9 Å². The van der Waals surface area contributed by atoms with Crippen LogP contribution in [0.2, 0.25) is 0 Å². The van der Waals surface area contributed by atoms with Crippen LogP contribution in [0.1, 0.15) is 6.92 Å². The van der Waals surface area contributed by atoms with Crippen molar-refractivity contribution in [2.24, 2.45) is 0 Å². The fourth-order valence-electron chi connectivity index (χ4n) is 1.01. The summed E-state index contributed by atoms with van der Waals surface area (Å²) in [6, 6.07) is 10.4. The molecule has 0 heterocycles. The van der Waals surface area contributed by atoms with Crippen LogP contribution >= 0.6 is 24.6 Å². The maximum Gasteiger partial charge on any atom is 0.0562 e. The second kappa shape index (κ2) is 5.38. The van der Waals surface area contributed by atoms with Gasteiger partial charge in [0.2, 0.25) is 0 Å². The Morgan fingerprint density at radius 2 is 2.00 bits per heavy atom. The summed E-state index contributed by atoms with van der Waals surface area (Å²) in [5.41, 5.74) is 1.25. The van der Waals surface area contributed by atoms with Gasteiger partial charge in [0.05, 0.1) is 5.08 Å². The number of hydrogen-bond acceptors (Lipinski definition) is 3. The molecule has 0 aliphatic rings. The van der Waals surface area contributed by atoms with E-state index in [9.17, 15) is 0 Å². The second-order valence-corrected chi connectivity index (χ2v) is 4.02. The maximum absolute atomic E-state index is 4.19. The third-order valence-electron chi connectivity index (χ3n) is 1.54. The van der Waals surface area contributed by atoms with Crippen LogP contribution < -0.4 is 4.31 Å². The molecule has 0 bridgehead atoms. The zero-order valence-corrected chi connectivity index (χ0v) is 8.81. The Bertz CT molecular complexity index is 213. The fourth-order valence-corrected chi connectivity index (χ4v) is 2.02. The third-order valence-corrected chi connectivity index (χ3v) is 2.79. The molecule has 1 aromatic rings. The molecule has 0 amide bonds. The summed E-state index contributed by atoms with van der Waals surface area (Å²) in [7, 11) is 0. The van der Waals surface area contributed by atoms with E-state index in [2.05, 4.69) is 48.1 Å². The molecule has 0 aliphatic heterocycles. The van der Waals surface area contributed by atoms with Gasteiger partial charge in [-0.2, -0.15) is 12.6 Å². The van der Waals surface area contributed by atoms with Crippen molar-refractivity contribution < 1.29 is 0 Å². The highest BCUT2D eigenvalue weighted by atomic mass is 32.2. The molecule has 0 aromatic heterocycles. The summed E-state index contributed by atoms with van der Waals surface area (Å²) in [6.45, 7) is 3.15. The van der Waals surface area contributed by atoms with E-state index in [1.807, 2.05) is 6.07 Å². The highest BCUT2D eigenvalue weighted by Gasteiger charge is 2.01. The minimum absolute atomic E-state index is 0.822. The van der Waals surface area contributed by atoms with E-state index >= 15 is 0 Å². The van der Waals surface area contributed by atoms with Gasteiger partial charge in [0.1, 0.15) is 0 Å². The van der Waals surface area contributed by atoms with E-state index in [4.69, 9.17) is 0 Å². The highest BCUT2D eigenvalue weighted by Crippen LogP contribution is 2.21. The Kier molecular flexibility index (Phi) is 4.40. The van der Waals surface area contributed by atoms with Gasteiger partial charge in [-0.3, -0.25) is 0 Å². The zero-order chi connectivity index (χ0) is 8.81. The first-order chi connectivity index (χ1) is 5.88. The van der Waals surface area contributed by atoms with Crippen LogP contribution in [-0.2, 0) is 0 Å². The maximum atomic E-state index is 4.19. The van der Waals surface area contributed by atoms with Gasteiger partial charge in [0.25, 0.3) is 0 Å². The van der Waals surface area contributed by atoms with Crippen molar-refractivity contribution in [1.29, 1.82) is 0 Å². The zero-order valence-electron chi connectivity index (χ0n) is 7.10. The minimum Gasteiger partial charge on any atom is -0.316 e. The summed E-state index contributed by atoms with van der Waals surface area (Å²) >= 11 is 5.91. The van der Waals surface area contributed by atoms with Crippen LogP contribution in [0.4, 0.5) is 5.69 Å². The molecule has 0 fully saturated rings. The monoisotopic (exact) mass is 199 g/mol. The summed E-state index contributed by atoms with van der Waals surface area (Å²) in [5, 5.41) is 0.822. The van der Waals surface area contributed by atoms with Crippen LogP contribution in [0.25, 0.3) is 0 Å². The number of rotatable bonds is 4. The van der Waals surface area contributed by atoms with Crippen LogP contribution in [0.5, 0.6) is 0 Å². The van der Waals surface area contributed by atoms with Gasteiger partial charge in [0.15, 0.2) is 0 Å². The smallest absolute Gasteiger partial charge is 0.0562 e. The molecule has 0 spiro atoms. The van der Waals surface area contributed by atoms with Gasteiger partial charge in [-0.15, -0.1) is 0 Å². The molecule has 66 valence electrons. The van der Waals surface area contributed by atoms with E-state index in [1.165, 1.54) is 5.69 Å². The molecule has 12 heavy (non-hydrogen) atoms. The average molecular weight is 199 g/mol. The van der Waals surface area contributed by atoms with Gasteiger partial charge in [-0.25, -0.2) is 0 Å². The average Bonchev–Trinajstić information content (AvgIpc) is 2.15. The largest absolute Gasteiger partial charge is 0.316 e. The first kappa shape index (κ1) is 9.81. The first-order valence-corrected chi connectivity index (χ1v) is 5.52. The summed E-state index contributed by atoms with van der Waals surface area (Å²) < 4.78 is 2.23. The Morgan fingerprint density at radius 3 is 2.50 bits per heavy atom. The van der Waals surface area contributed by atoms with Crippen molar-refractivity contribution >= 4 is 30.3 Å². The van der Waals surface area contributed by atoms with E-state index < -0.39 is 0 Å². The van der Waals surface area contributed by atoms with Gasteiger partial charge in [-0.1, -0.05) is 18.2 Å². The fraction of sp³-hybridized carbons (Fsp3) is 0.333. The lowest BCUT2D eigenvalue weighted by atomic mass is 10.3. The molecule has 1 aromatic carbocycles. The molecular formula is C9H13NS2. The molecule has 1 rings (SSSR count). The molecular weight excluding hydrogens is 186 g/mol. The topological polar surface area (TPSA) is 3.24 Å². The quantitative estimate of drug-likeness (QED) is 0.451. The Balaban J connectivity index is 2.66. The Labute approximate surface area is 83.7 Å². The normalized spacial score (nSPS) is 9.83. The van der Waals surface area contributed by atoms with Gasteiger partial charge < -0.3 is 4.31 Å². The van der Waals surface area contributed by atoms with E-state index in [1.54, 1.807) is 11.9 Å². The highest BCUT2D eigenvalue weighted by molar-refractivity contribution is 8.10.